The van der Waals surface area contributed by atoms with E-state index in [1.807, 2.05) is 0 Å². The number of hydrogen-bond acceptors (Lipinski definition) is 2. The number of benzene rings is 7. The summed E-state index contributed by atoms with van der Waals surface area (Å²) in [5.41, 5.74) is 17.1. The van der Waals surface area contributed by atoms with Crippen molar-refractivity contribution in [3.05, 3.63) is 192 Å². The van der Waals surface area contributed by atoms with Gasteiger partial charge in [0.2, 0.25) is 0 Å². The third-order valence-corrected chi connectivity index (χ3v) is 10.3. The van der Waals surface area contributed by atoms with Gasteiger partial charge in [0, 0.05) is 34.1 Å². The van der Waals surface area contributed by atoms with E-state index in [-0.39, 0.29) is 0 Å². The average Bonchev–Trinajstić information content (AvgIpc) is 3.20. The van der Waals surface area contributed by atoms with Crippen molar-refractivity contribution in [2.75, 3.05) is 9.80 Å². The Balaban J connectivity index is 1.12. The van der Waals surface area contributed by atoms with Crippen molar-refractivity contribution in [2.24, 2.45) is 0 Å². The first kappa shape index (κ1) is 35.5. The Morgan fingerprint density at radius 3 is 1.00 bits per heavy atom. The quantitative estimate of drug-likeness (QED) is 0.119. The topological polar surface area (TPSA) is 6.48 Å². The molecule has 0 atom stereocenters. The predicted molar refractivity (Wildman–Crippen MR) is 229 cm³/mol. The van der Waals surface area contributed by atoms with Gasteiger partial charge in [0.15, 0.2) is 0 Å². The molecule has 0 aliphatic heterocycles. The molecule has 0 spiro atoms. The van der Waals surface area contributed by atoms with Gasteiger partial charge in [-0.2, -0.15) is 0 Å². The number of hydrogen-bond donors (Lipinski definition) is 0. The molecule has 7 aromatic rings. The molecular weight excluding hydrogens is 641 g/mol. The highest BCUT2D eigenvalue weighted by atomic mass is 15.1. The summed E-state index contributed by atoms with van der Waals surface area (Å²) in [5.74, 6) is 0. The molecular formula is C51H50N2. The first-order chi connectivity index (χ1) is 26.0. The van der Waals surface area contributed by atoms with E-state index >= 15 is 0 Å². The molecule has 0 unspecified atom stereocenters. The Hall–Kier alpha value is -5.86. The Bertz CT molecular complexity index is 2210. The zero-order valence-electron chi connectivity index (χ0n) is 31.6. The van der Waals surface area contributed by atoms with E-state index in [1.54, 1.807) is 0 Å². The van der Waals surface area contributed by atoms with Crippen LogP contribution < -0.4 is 9.80 Å². The van der Waals surface area contributed by atoms with Crippen molar-refractivity contribution in [1.82, 2.24) is 0 Å². The minimum Gasteiger partial charge on any atom is -0.310 e. The first-order valence-corrected chi connectivity index (χ1v) is 19.2. The predicted octanol–water partition coefficient (Wildman–Crippen LogP) is 14.9. The van der Waals surface area contributed by atoms with Crippen molar-refractivity contribution < 1.29 is 0 Å². The lowest BCUT2D eigenvalue weighted by atomic mass is 9.99. The monoisotopic (exact) mass is 690 g/mol. The van der Waals surface area contributed by atoms with Crippen LogP contribution in [0.25, 0.3) is 22.3 Å². The number of rotatable bonds is 13. The molecule has 0 N–H and O–H groups in total. The molecule has 2 nitrogen and oxygen atoms in total. The Morgan fingerprint density at radius 2 is 0.660 bits per heavy atom. The maximum Gasteiger partial charge on any atom is 0.0490 e. The Kier molecular flexibility index (Phi) is 11.2. The molecule has 0 bridgehead atoms. The molecule has 0 amide bonds. The lowest BCUT2D eigenvalue weighted by Gasteiger charge is -2.27. The largest absolute Gasteiger partial charge is 0.310 e. The minimum absolute atomic E-state index is 1.10. The summed E-state index contributed by atoms with van der Waals surface area (Å²) < 4.78 is 0. The van der Waals surface area contributed by atoms with Crippen molar-refractivity contribution >= 4 is 34.1 Å². The third-order valence-electron chi connectivity index (χ3n) is 10.3. The number of nitrogens with zero attached hydrogens (tertiary/aromatic N) is 2. The van der Waals surface area contributed by atoms with Gasteiger partial charge in [0.05, 0.1) is 0 Å². The number of anilines is 6. The van der Waals surface area contributed by atoms with Crippen LogP contribution in [0, 0.1) is 13.8 Å². The summed E-state index contributed by atoms with van der Waals surface area (Å²) >= 11 is 0. The smallest absolute Gasteiger partial charge is 0.0490 e. The molecule has 264 valence electrons. The van der Waals surface area contributed by atoms with Crippen molar-refractivity contribution in [3.8, 4) is 22.3 Å². The van der Waals surface area contributed by atoms with Crippen LogP contribution in [0.15, 0.2) is 170 Å². The molecule has 53 heavy (non-hydrogen) atoms. The summed E-state index contributed by atoms with van der Waals surface area (Å²) in [5, 5.41) is 0. The lowest BCUT2D eigenvalue weighted by Crippen LogP contribution is -2.11. The van der Waals surface area contributed by atoms with Crippen LogP contribution >= 0.6 is 0 Å². The second-order valence-electron chi connectivity index (χ2n) is 14.1. The van der Waals surface area contributed by atoms with Gasteiger partial charge in [-0.05, 0) is 138 Å². The molecule has 0 saturated heterocycles. The Labute approximate surface area is 317 Å². The molecule has 7 rings (SSSR count). The van der Waals surface area contributed by atoms with Gasteiger partial charge in [-0.25, -0.2) is 0 Å². The SMILES string of the molecule is CCCCc1ccc(N(c2ccc(-c3ccc(-c4ccc(N(c5ccc(CCC)cc5)c5ccccc5C)cc4)cc3)cc2)c2ccccc2C)cc1. The fourth-order valence-electron chi connectivity index (χ4n) is 7.24. The zero-order chi connectivity index (χ0) is 36.6. The summed E-state index contributed by atoms with van der Waals surface area (Å²) in [6.07, 6.45) is 5.81. The summed E-state index contributed by atoms with van der Waals surface area (Å²) in [6, 6.07) is 62.3. The van der Waals surface area contributed by atoms with Crippen molar-refractivity contribution in [3.63, 3.8) is 0 Å². The lowest BCUT2D eigenvalue weighted by molar-refractivity contribution is 0.795. The van der Waals surface area contributed by atoms with Crippen LogP contribution in [0.5, 0.6) is 0 Å². The van der Waals surface area contributed by atoms with Gasteiger partial charge < -0.3 is 9.80 Å². The average molecular weight is 691 g/mol. The highest BCUT2D eigenvalue weighted by molar-refractivity contribution is 5.82. The molecule has 0 aliphatic carbocycles. The second kappa shape index (κ2) is 16.7. The first-order valence-electron chi connectivity index (χ1n) is 19.2. The van der Waals surface area contributed by atoms with Crippen LogP contribution in [0.3, 0.4) is 0 Å². The summed E-state index contributed by atoms with van der Waals surface area (Å²) in [7, 11) is 0. The molecule has 2 heteroatoms. The van der Waals surface area contributed by atoms with Crippen molar-refractivity contribution in [1.29, 1.82) is 0 Å². The molecule has 0 aliphatic rings. The normalized spacial score (nSPS) is 11.0. The van der Waals surface area contributed by atoms with E-state index in [1.165, 1.54) is 80.1 Å². The van der Waals surface area contributed by atoms with E-state index in [9.17, 15) is 0 Å². The van der Waals surface area contributed by atoms with Crippen LogP contribution in [-0.4, -0.2) is 0 Å². The maximum atomic E-state index is 2.37. The van der Waals surface area contributed by atoms with Gasteiger partial charge in [-0.3, -0.25) is 0 Å². The highest BCUT2D eigenvalue weighted by Gasteiger charge is 2.16. The van der Waals surface area contributed by atoms with Crippen LogP contribution in [-0.2, 0) is 12.8 Å². The molecule has 0 radical (unpaired) electrons. The van der Waals surface area contributed by atoms with Gasteiger partial charge in [-0.1, -0.05) is 136 Å². The molecule has 0 fully saturated rings. The third kappa shape index (κ3) is 8.13. The van der Waals surface area contributed by atoms with Crippen LogP contribution in [0.4, 0.5) is 34.1 Å². The standard InChI is InChI=1S/C51H50N2/c1-5-7-15-41-20-32-47(33-21-41)53(51-17-11-9-14-39(51)4)49-36-28-45(29-37-49)43-24-22-42(23-25-43)44-26-34-48(35-27-44)52(50-16-10-8-13-38(50)3)46-30-18-40(12-6-2)19-31-46/h8-11,13-14,16-37H,5-7,12,15H2,1-4H3. The minimum atomic E-state index is 1.10. The van der Waals surface area contributed by atoms with E-state index in [2.05, 4.69) is 207 Å². The fourth-order valence-corrected chi connectivity index (χ4v) is 7.24. The van der Waals surface area contributed by atoms with Gasteiger partial charge in [0.1, 0.15) is 0 Å². The maximum absolute atomic E-state index is 2.37. The zero-order valence-corrected chi connectivity index (χ0v) is 31.6. The van der Waals surface area contributed by atoms with E-state index in [0.717, 1.165) is 30.6 Å². The van der Waals surface area contributed by atoms with E-state index in [0.29, 0.717) is 0 Å². The summed E-state index contributed by atoms with van der Waals surface area (Å²) in [4.78, 5) is 4.74. The molecule has 0 aromatic heterocycles. The summed E-state index contributed by atoms with van der Waals surface area (Å²) in [6.45, 7) is 8.86. The van der Waals surface area contributed by atoms with Crippen LogP contribution in [0.2, 0.25) is 0 Å². The molecule has 0 saturated carbocycles. The van der Waals surface area contributed by atoms with E-state index < -0.39 is 0 Å². The number of para-hydroxylation sites is 2. The molecule has 0 heterocycles. The van der Waals surface area contributed by atoms with E-state index in [4.69, 9.17) is 0 Å². The van der Waals surface area contributed by atoms with Crippen LogP contribution in [0.1, 0.15) is 55.4 Å². The molecule has 7 aromatic carbocycles. The van der Waals surface area contributed by atoms with Crippen molar-refractivity contribution in [2.45, 2.75) is 59.8 Å². The van der Waals surface area contributed by atoms with Gasteiger partial charge in [-0.15, -0.1) is 0 Å². The Morgan fingerprint density at radius 1 is 0.340 bits per heavy atom. The van der Waals surface area contributed by atoms with Gasteiger partial charge in [0.25, 0.3) is 0 Å². The highest BCUT2D eigenvalue weighted by Crippen LogP contribution is 2.39. The number of aryl methyl sites for hydroxylation is 4. The second-order valence-corrected chi connectivity index (χ2v) is 14.1. The fraction of sp³-hybridized carbons (Fsp3) is 0.176. The number of unbranched alkanes of at least 4 members (excludes halogenated alkanes) is 1. The van der Waals surface area contributed by atoms with Gasteiger partial charge >= 0.3 is 0 Å².